The number of halogens is 1. The van der Waals surface area contributed by atoms with E-state index in [0.717, 1.165) is 44.7 Å². The van der Waals surface area contributed by atoms with Gasteiger partial charge in [-0.15, -0.1) is 0 Å². The summed E-state index contributed by atoms with van der Waals surface area (Å²) < 4.78 is 32.8. The van der Waals surface area contributed by atoms with Crippen molar-refractivity contribution in [2.75, 3.05) is 62.4 Å². The number of nitrogens with one attached hydrogen (secondary N) is 1. The molecule has 26 heavy (non-hydrogen) atoms. The monoisotopic (exact) mass is 522 g/mol. The molecule has 1 rings (SSSR count). The molecule has 1 heterocycles. The van der Waals surface area contributed by atoms with Crippen LogP contribution in [0.4, 0.5) is 0 Å². The standard InChI is InChI=1S/C15H34N2O6Si2.HI/c1-18-24(19-2,20-3)13-7-9-16-11-12-17(15-16)10-8-14-25(21-4,22-5)23-6;/h11-12H,7-10,13-15H2,1-6H3;1H. The molecule has 0 saturated heterocycles. The number of rotatable bonds is 14. The van der Waals surface area contributed by atoms with E-state index in [-0.39, 0.29) is 24.0 Å². The Labute approximate surface area is 177 Å². The van der Waals surface area contributed by atoms with E-state index in [4.69, 9.17) is 26.6 Å². The molecule has 1 N–H and O–H groups in total. The van der Waals surface area contributed by atoms with Gasteiger partial charge < -0.3 is 55.4 Å². The molecule has 0 saturated carbocycles. The molecule has 0 bridgehead atoms. The molecule has 156 valence electrons. The zero-order chi connectivity index (χ0) is 18.8. The molecule has 0 spiro atoms. The Kier molecular flexibility index (Phi) is 13.8. The summed E-state index contributed by atoms with van der Waals surface area (Å²) in [5.41, 5.74) is 0. The number of quaternary nitrogens is 1. The Balaban J connectivity index is 0.00000625. The summed E-state index contributed by atoms with van der Waals surface area (Å²) in [6.07, 6.45) is 6.36. The topological polar surface area (TPSA) is 63.1 Å². The lowest BCUT2D eigenvalue weighted by Gasteiger charge is -2.25. The fourth-order valence-corrected chi connectivity index (χ4v) is 6.46. The molecule has 0 radical (unpaired) electrons. The maximum Gasteiger partial charge on any atom is 0.500 e. The average molecular weight is 523 g/mol. The Morgan fingerprint density at radius 1 is 0.808 bits per heavy atom. The lowest BCUT2D eigenvalue weighted by Crippen LogP contribution is -3.07. The van der Waals surface area contributed by atoms with Crippen molar-refractivity contribution in [2.24, 2.45) is 0 Å². The van der Waals surface area contributed by atoms with Gasteiger partial charge in [0.25, 0.3) is 0 Å². The van der Waals surface area contributed by atoms with Crippen LogP contribution in [0.15, 0.2) is 12.4 Å². The summed E-state index contributed by atoms with van der Waals surface area (Å²) in [4.78, 5) is 3.75. The van der Waals surface area contributed by atoms with Crippen molar-refractivity contribution >= 4 is 17.6 Å². The van der Waals surface area contributed by atoms with Crippen molar-refractivity contribution in [3.63, 3.8) is 0 Å². The van der Waals surface area contributed by atoms with Crippen molar-refractivity contribution in [3.05, 3.63) is 12.4 Å². The minimum atomic E-state index is -2.46. The SMILES string of the molecule is CO[Si](CCCN1C=C[NH+](CCC[Si](OC)(OC)OC)C1)(OC)OC.[I-]. The highest BCUT2D eigenvalue weighted by Gasteiger charge is 2.38. The van der Waals surface area contributed by atoms with E-state index in [1.54, 1.807) is 42.7 Å². The van der Waals surface area contributed by atoms with Crippen LogP contribution >= 0.6 is 0 Å². The third-order valence-corrected chi connectivity index (χ3v) is 10.4. The Bertz CT molecular complexity index is 350. The first-order chi connectivity index (χ1) is 12.0. The molecule has 0 aromatic carbocycles. The predicted molar refractivity (Wildman–Crippen MR) is 99.0 cm³/mol. The smallest absolute Gasteiger partial charge is 0.500 e. The van der Waals surface area contributed by atoms with Crippen LogP contribution in [0.1, 0.15) is 12.8 Å². The van der Waals surface area contributed by atoms with E-state index in [1.165, 1.54) is 4.90 Å². The van der Waals surface area contributed by atoms with Crippen LogP contribution in [0.3, 0.4) is 0 Å². The maximum atomic E-state index is 5.46. The van der Waals surface area contributed by atoms with Gasteiger partial charge in [0.15, 0.2) is 6.67 Å². The summed E-state index contributed by atoms with van der Waals surface area (Å²) >= 11 is 0. The van der Waals surface area contributed by atoms with Crippen LogP contribution < -0.4 is 28.9 Å². The lowest BCUT2D eigenvalue weighted by atomic mass is 10.4. The summed E-state index contributed by atoms with van der Waals surface area (Å²) in [7, 11) is 5.05. The van der Waals surface area contributed by atoms with Gasteiger partial charge in [0, 0.05) is 67.7 Å². The normalized spacial score (nSPS) is 17.6. The van der Waals surface area contributed by atoms with E-state index in [9.17, 15) is 0 Å². The third-order valence-electron chi connectivity index (χ3n) is 4.70. The molecular formula is C15H35IN2O6Si2. The second-order valence-electron chi connectivity index (χ2n) is 5.99. The quantitative estimate of drug-likeness (QED) is 0.195. The van der Waals surface area contributed by atoms with Gasteiger partial charge in [0.05, 0.1) is 12.7 Å². The second-order valence-corrected chi connectivity index (χ2v) is 12.2. The molecule has 0 fully saturated rings. The van der Waals surface area contributed by atoms with Crippen molar-refractivity contribution in [2.45, 2.75) is 24.9 Å². The molecule has 0 aromatic heterocycles. The molecular weight excluding hydrogens is 487 g/mol. The van der Waals surface area contributed by atoms with Gasteiger partial charge in [-0.1, -0.05) is 0 Å². The van der Waals surface area contributed by atoms with Gasteiger partial charge in [-0.3, -0.25) is 4.90 Å². The van der Waals surface area contributed by atoms with Gasteiger partial charge in [-0.05, 0) is 6.42 Å². The zero-order valence-electron chi connectivity index (χ0n) is 16.9. The van der Waals surface area contributed by atoms with E-state index >= 15 is 0 Å². The molecule has 1 aliphatic rings. The fraction of sp³-hybridized carbons (Fsp3) is 0.867. The van der Waals surface area contributed by atoms with Crippen LogP contribution in [0.25, 0.3) is 0 Å². The van der Waals surface area contributed by atoms with Crippen LogP contribution in [0.5, 0.6) is 0 Å². The number of hydrogen-bond donors (Lipinski definition) is 1. The summed E-state index contributed by atoms with van der Waals surface area (Å²) in [6, 6.07) is 1.65. The van der Waals surface area contributed by atoms with E-state index in [0.29, 0.717) is 0 Å². The molecule has 0 amide bonds. The lowest BCUT2D eigenvalue weighted by molar-refractivity contribution is -0.849. The summed E-state index contributed by atoms with van der Waals surface area (Å²) in [5.74, 6) is 0. The third kappa shape index (κ3) is 7.81. The van der Waals surface area contributed by atoms with E-state index in [1.807, 2.05) is 0 Å². The largest absolute Gasteiger partial charge is 1.00 e. The summed E-state index contributed by atoms with van der Waals surface area (Å²) in [6.45, 7) is 2.98. The molecule has 11 heteroatoms. The molecule has 1 unspecified atom stereocenters. The Hall–Kier alpha value is 0.424. The minimum absolute atomic E-state index is 0. The van der Waals surface area contributed by atoms with Crippen molar-refractivity contribution in [1.29, 1.82) is 0 Å². The predicted octanol–water partition coefficient (Wildman–Crippen LogP) is -2.84. The van der Waals surface area contributed by atoms with Crippen molar-refractivity contribution in [1.82, 2.24) is 4.90 Å². The Morgan fingerprint density at radius 2 is 1.27 bits per heavy atom. The first-order valence-corrected chi connectivity index (χ1v) is 12.5. The highest BCUT2D eigenvalue weighted by molar-refractivity contribution is 6.60. The zero-order valence-corrected chi connectivity index (χ0v) is 21.0. The van der Waals surface area contributed by atoms with Gasteiger partial charge in [0.2, 0.25) is 0 Å². The average Bonchev–Trinajstić information content (AvgIpc) is 3.11. The van der Waals surface area contributed by atoms with Gasteiger partial charge >= 0.3 is 17.6 Å². The van der Waals surface area contributed by atoms with Crippen LogP contribution in [-0.2, 0) is 26.6 Å². The number of hydrogen-bond acceptors (Lipinski definition) is 7. The molecule has 0 aromatic rings. The van der Waals surface area contributed by atoms with Gasteiger partial charge in [0.1, 0.15) is 6.20 Å². The molecule has 1 aliphatic heterocycles. The summed E-state index contributed by atoms with van der Waals surface area (Å²) in [5, 5.41) is 0. The van der Waals surface area contributed by atoms with Crippen LogP contribution in [-0.4, -0.2) is 84.9 Å². The van der Waals surface area contributed by atoms with Crippen molar-refractivity contribution in [3.8, 4) is 0 Å². The Morgan fingerprint density at radius 3 is 1.73 bits per heavy atom. The van der Waals surface area contributed by atoms with Gasteiger partial charge in [-0.25, -0.2) is 0 Å². The van der Waals surface area contributed by atoms with E-state index in [2.05, 4.69) is 17.3 Å². The van der Waals surface area contributed by atoms with Gasteiger partial charge in [-0.2, -0.15) is 0 Å². The van der Waals surface area contributed by atoms with Crippen molar-refractivity contribution < 1.29 is 55.4 Å². The first kappa shape index (κ1) is 26.4. The molecule has 8 nitrogen and oxygen atoms in total. The fourth-order valence-electron chi connectivity index (χ4n) is 3.04. The second kappa shape index (κ2) is 13.6. The maximum absolute atomic E-state index is 5.46. The molecule has 0 aliphatic carbocycles. The first-order valence-electron chi connectivity index (χ1n) is 8.60. The number of nitrogens with zero attached hydrogens (tertiary/aromatic N) is 1. The highest BCUT2D eigenvalue weighted by atomic mass is 127. The van der Waals surface area contributed by atoms with Crippen LogP contribution in [0.2, 0.25) is 12.1 Å². The highest BCUT2D eigenvalue weighted by Crippen LogP contribution is 2.16. The minimum Gasteiger partial charge on any atom is -1.00 e. The van der Waals surface area contributed by atoms with Crippen LogP contribution in [0, 0.1) is 0 Å². The molecule has 1 atom stereocenters. The van der Waals surface area contributed by atoms with E-state index < -0.39 is 17.6 Å².